The molecule has 1 aromatic carbocycles. The highest BCUT2D eigenvalue weighted by Gasteiger charge is 2.25. The molecule has 1 amide bonds. The first-order chi connectivity index (χ1) is 13.5. The Hall–Kier alpha value is -2.24. The van der Waals surface area contributed by atoms with Crippen LogP contribution in [0.2, 0.25) is 0 Å². The summed E-state index contributed by atoms with van der Waals surface area (Å²) in [4.78, 5) is 20.3. The van der Waals surface area contributed by atoms with E-state index >= 15 is 0 Å². The molecule has 28 heavy (non-hydrogen) atoms. The average molecular weight is 395 g/mol. The van der Waals surface area contributed by atoms with E-state index in [1.54, 1.807) is 11.3 Å². The summed E-state index contributed by atoms with van der Waals surface area (Å²) in [5, 5.41) is 5.10. The van der Waals surface area contributed by atoms with Crippen LogP contribution in [0.25, 0.3) is 10.9 Å². The van der Waals surface area contributed by atoms with Crippen LogP contribution in [0.5, 0.6) is 0 Å². The molecule has 4 nitrogen and oxygen atoms in total. The van der Waals surface area contributed by atoms with Gasteiger partial charge in [0, 0.05) is 30.8 Å². The minimum Gasteiger partial charge on any atom is -0.376 e. The van der Waals surface area contributed by atoms with Gasteiger partial charge >= 0.3 is 0 Å². The van der Waals surface area contributed by atoms with E-state index in [4.69, 9.17) is 9.72 Å². The molecule has 0 spiro atoms. The molecular formula is C23H26N2O2S. The number of amides is 1. The predicted molar refractivity (Wildman–Crippen MR) is 114 cm³/mol. The van der Waals surface area contributed by atoms with Crippen LogP contribution < -0.4 is 0 Å². The maximum atomic E-state index is 13.7. The first-order valence-electron chi connectivity index (χ1n) is 9.82. The molecule has 0 N–H and O–H groups in total. The fourth-order valence-electron chi connectivity index (χ4n) is 3.86. The molecule has 3 heterocycles. The van der Waals surface area contributed by atoms with E-state index in [9.17, 15) is 4.79 Å². The van der Waals surface area contributed by atoms with E-state index in [1.807, 2.05) is 24.0 Å². The van der Waals surface area contributed by atoms with Gasteiger partial charge in [0.05, 0.1) is 17.2 Å². The number of nitrogens with zero attached hydrogens (tertiary/aromatic N) is 2. The molecule has 5 heteroatoms. The lowest BCUT2D eigenvalue weighted by Gasteiger charge is -2.26. The Morgan fingerprint density at radius 1 is 1.29 bits per heavy atom. The van der Waals surface area contributed by atoms with Gasteiger partial charge in [-0.15, -0.1) is 0 Å². The van der Waals surface area contributed by atoms with Crippen molar-refractivity contribution in [2.24, 2.45) is 0 Å². The lowest BCUT2D eigenvalue weighted by Crippen LogP contribution is -2.37. The van der Waals surface area contributed by atoms with Crippen LogP contribution in [0.4, 0.5) is 0 Å². The first kappa shape index (κ1) is 19.1. The van der Waals surface area contributed by atoms with Gasteiger partial charge in [0.25, 0.3) is 5.91 Å². The molecule has 1 aliphatic rings. The van der Waals surface area contributed by atoms with E-state index in [0.717, 1.165) is 47.2 Å². The minimum absolute atomic E-state index is 0.0560. The van der Waals surface area contributed by atoms with Crippen molar-refractivity contribution in [2.45, 2.75) is 46.3 Å². The van der Waals surface area contributed by atoms with Crippen LogP contribution in [0, 0.1) is 20.8 Å². The fourth-order valence-corrected chi connectivity index (χ4v) is 4.52. The smallest absolute Gasteiger partial charge is 0.254 e. The number of thiophene rings is 1. The van der Waals surface area contributed by atoms with Crippen molar-refractivity contribution in [1.29, 1.82) is 0 Å². The van der Waals surface area contributed by atoms with Gasteiger partial charge in [-0.25, -0.2) is 0 Å². The Balaban J connectivity index is 1.74. The molecule has 0 unspecified atom stereocenters. The monoisotopic (exact) mass is 394 g/mol. The number of carbonyl (C=O) groups is 1. The molecule has 2 aromatic heterocycles. The summed E-state index contributed by atoms with van der Waals surface area (Å²) in [6.07, 6.45) is 2.21. The van der Waals surface area contributed by atoms with E-state index in [-0.39, 0.29) is 12.0 Å². The topological polar surface area (TPSA) is 42.4 Å². The fraction of sp³-hybridized carbons (Fsp3) is 0.391. The number of hydrogen-bond acceptors (Lipinski definition) is 4. The first-order valence-corrected chi connectivity index (χ1v) is 10.8. The summed E-state index contributed by atoms with van der Waals surface area (Å²) >= 11 is 1.66. The highest BCUT2D eigenvalue weighted by Crippen LogP contribution is 2.26. The largest absolute Gasteiger partial charge is 0.376 e. The van der Waals surface area contributed by atoms with E-state index in [2.05, 4.69) is 36.7 Å². The van der Waals surface area contributed by atoms with Crippen LogP contribution in [0.3, 0.4) is 0 Å². The Bertz CT molecular complexity index is 992. The molecule has 1 aliphatic heterocycles. The number of ether oxygens (including phenoxy) is 1. The Morgan fingerprint density at radius 3 is 2.86 bits per heavy atom. The van der Waals surface area contributed by atoms with Crippen LogP contribution in [-0.4, -0.2) is 35.0 Å². The minimum atomic E-state index is 0.0560. The van der Waals surface area contributed by atoms with Crippen molar-refractivity contribution in [1.82, 2.24) is 9.88 Å². The summed E-state index contributed by atoms with van der Waals surface area (Å²) in [5.74, 6) is 0.0560. The van der Waals surface area contributed by atoms with Crippen LogP contribution in [0.15, 0.2) is 35.0 Å². The van der Waals surface area contributed by atoms with Crippen LogP contribution in [0.1, 0.15) is 45.6 Å². The van der Waals surface area contributed by atoms with Gasteiger partial charge in [-0.1, -0.05) is 12.1 Å². The molecule has 146 valence electrons. The molecule has 0 saturated carbocycles. The quantitative estimate of drug-likeness (QED) is 0.609. The van der Waals surface area contributed by atoms with Gasteiger partial charge < -0.3 is 9.64 Å². The number of pyridine rings is 1. The third kappa shape index (κ3) is 3.82. The van der Waals surface area contributed by atoms with Gasteiger partial charge in [-0.05, 0) is 73.2 Å². The summed E-state index contributed by atoms with van der Waals surface area (Å²) in [5.41, 5.74) is 6.03. The van der Waals surface area contributed by atoms with Gasteiger partial charge in [0.1, 0.15) is 0 Å². The molecule has 4 rings (SSSR count). The SMILES string of the molecule is Cc1cc(C(=O)N(Cc2ccsc2)C[C@H]2CCCO2)c2ccc(C)c(C)c2n1. The molecule has 0 radical (unpaired) electrons. The van der Waals surface area contributed by atoms with Crippen LogP contribution >= 0.6 is 11.3 Å². The molecular weight excluding hydrogens is 368 g/mol. The highest BCUT2D eigenvalue weighted by atomic mass is 32.1. The average Bonchev–Trinajstić information content (AvgIpc) is 3.37. The third-order valence-electron chi connectivity index (χ3n) is 5.55. The predicted octanol–water partition coefficient (Wildman–Crippen LogP) is 5.04. The van der Waals surface area contributed by atoms with E-state index < -0.39 is 0 Å². The molecule has 3 aromatic rings. The zero-order chi connectivity index (χ0) is 19.7. The summed E-state index contributed by atoms with van der Waals surface area (Å²) < 4.78 is 5.83. The highest BCUT2D eigenvalue weighted by molar-refractivity contribution is 7.07. The Kier molecular flexibility index (Phi) is 5.47. The number of rotatable bonds is 5. The zero-order valence-electron chi connectivity index (χ0n) is 16.7. The van der Waals surface area contributed by atoms with Crippen molar-refractivity contribution in [2.75, 3.05) is 13.2 Å². The molecule has 0 bridgehead atoms. The van der Waals surface area contributed by atoms with Gasteiger partial charge in [-0.3, -0.25) is 9.78 Å². The summed E-state index contributed by atoms with van der Waals surface area (Å²) in [6, 6.07) is 8.13. The number of benzene rings is 1. The van der Waals surface area contributed by atoms with Crippen molar-refractivity contribution >= 4 is 28.1 Å². The summed E-state index contributed by atoms with van der Waals surface area (Å²) in [6.45, 7) is 8.15. The molecule has 1 atom stereocenters. The Morgan fingerprint density at radius 2 is 2.14 bits per heavy atom. The maximum absolute atomic E-state index is 13.7. The molecule has 0 aliphatic carbocycles. The van der Waals surface area contributed by atoms with Gasteiger partial charge in [0.15, 0.2) is 0 Å². The number of fused-ring (bicyclic) bond motifs is 1. The van der Waals surface area contributed by atoms with E-state index in [0.29, 0.717) is 13.1 Å². The third-order valence-corrected chi connectivity index (χ3v) is 6.28. The van der Waals surface area contributed by atoms with Gasteiger partial charge in [-0.2, -0.15) is 11.3 Å². The van der Waals surface area contributed by atoms with Gasteiger partial charge in [0.2, 0.25) is 0 Å². The Labute approximate surface area is 170 Å². The molecule has 1 fully saturated rings. The number of aromatic nitrogens is 1. The number of aryl methyl sites for hydroxylation is 3. The van der Waals surface area contributed by atoms with Crippen molar-refractivity contribution in [3.8, 4) is 0 Å². The van der Waals surface area contributed by atoms with Crippen molar-refractivity contribution in [3.63, 3.8) is 0 Å². The number of hydrogen-bond donors (Lipinski definition) is 0. The number of carbonyl (C=O) groups excluding carboxylic acids is 1. The second-order valence-corrected chi connectivity index (χ2v) is 8.45. The second kappa shape index (κ2) is 8.02. The lowest BCUT2D eigenvalue weighted by molar-refractivity contribution is 0.0509. The second-order valence-electron chi connectivity index (χ2n) is 7.67. The standard InChI is InChI=1S/C23H26N2O2S/c1-15-6-7-20-21(11-16(2)24-22(20)17(15)3)23(26)25(12-18-8-10-28-14-18)13-19-5-4-9-27-19/h6-8,10-11,14,19H,4-5,9,12-13H2,1-3H3/t19-/m1/s1. The summed E-state index contributed by atoms with van der Waals surface area (Å²) in [7, 11) is 0. The maximum Gasteiger partial charge on any atom is 0.254 e. The lowest BCUT2D eigenvalue weighted by atomic mass is 10.00. The zero-order valence-corrected chi connectivity index (χ0v) is 17.5. The van der Waals surface area contributed by atoms with Crippen molar-refractivity contribution < 1.29 is 9.53 Å². The normalized spacial score (nSPS) is 16.6. The van der Waals surface area contributed by atoms with E-state index in [1.165, 1.54) is 11.1 Å². The van der Waals surface area contributed by atoms with Crippen LogP contribution in [-0.2, 0) is 11.3 Å². The van der Waals surface area contributed by atoms with Crippen molar-refractivity contribution in [3.05, 3.63) is 63.0 Å². The molecule has 1 saturated heterocycles.